The zero-order valence-electron chi connectivity index (χ0n) is 8.61. The van der Waals surface area contributed by atoms with Crippen molar-refractivity contribution in [2.45, 2.75) is 19.8 Å². The van der Waals surface area contributed by atoms with E-state index < -0.39 is 0 Å². The van der Waals surface area contributed by atoms with Gasteiger partial charge >= 0.3 is 0 Å². The summed E-state index contributed by atoms with van der Waals surface area (Å²) in [6.45, 7) is 4.29. The van der Waals surface area contributed by atoms with Crippen LogP contribution in [0, 0.1) is 0 Å². The second-order valence-corrected chi connectivity index (χ2v) is 4.19. The lowest BCUT2D eigenvalue weighted by atomic mass is 10.1. The Morgan fingerprint density at radius 1 is 1.36 bits per heavy atom. The van der Waals surface area contributed by atoms with Gasteiger partial charge in [-0.1, -0.05) is 28.4 Å². The smallest absolute Gasteiger partial charge is 0.115 e. The molecule has 0 amide bonds. The molecule has 0 saturated heterocycles. The van der Waals surface area contributed by atoms with Gasteiger partial charge in [0.15, 0.2) is 0 Å². The van der Waals surface area contributed by atoms with E-state index in [0.717, 1.165) is 19.5 Å². The van der Waals surface area contributed by atoms with E-state index in [1.165, 1.54) is 12.0 Å². The SMILES string of the molecule is CCCN(P)CCc1cccc(O)c1. The van der Waals surface area contributed by atoms with E-state index >= 15 is 0 Å². The van der Waals surface area contributed by atoms with Crippen molar-refractivity contribution in [3.05, 3.63) is 29.8 Å². The first kappa shape index (κ1) is 11.5. The van der Waals surface area contributed by atoms with Gasteiger partial charge in [0.1, 0.15) is 5.75 Å². The molecule has 0 aromatic heterocycles. The molecule has 0 bridgehead atoms. The highest BCUT2D eigenvalue weighted by atomic mass is 31.0. The Morgan fingerprint density at radius 3 is 2.79 bits per heavy atom. The topological polar surface area (TPSA) is 23.5 Å². The van der Waals surface area contributed by atoms with Gasteiger partial charge in [0.05, 0.1) is 0 Å². The van der Waals surface area contributed by atoms with Crippen LogP contribution in [0.5, 0.6) is 5.75 Å². The average molecular weight is 211 g/mol. The quantitative estimate of drug-likeness (QED) is 0.756. The van der Waals surface area contributed by atoms with Crippen LogP contribution in [0.1, 0.15) is 18.9 Å². The molecule has 1 aromatic carbocycles. The first-order chi connectivity index (χ1) is 6.72. The maximum Gasteiger partial charge on any atom is 0.115 e. The van der Waals surface area contributed by atoms with Gasteiger partial charge in [-0.15, -0.1) is 0 Å². The lowest BCUT2D eigenvalue weighted by Crippen LogP contribution is -2.15. The molecule has 0 radical (unpaired) electrons. The van der Waals surface area contributed by atoms with Crippen molar-refractivity contribution in [3.8, 4) is 5.75 Å². The molecule has 3 heteroatoms. The average Bonchev–Trinajstić information content (AvgIpc) is 2.15. The van der Waals surface area contributed by atoms with Crippen molar-refractivity contribution in [2.75, 3.05) is 13.1 Å². The summed E-state index contributed by atoms with van der Waals surface area (Å²) in [5, 5.41) is 9.26. The minimum absolute atomic E-state index is 0.355. The van der Waals surface area contributed by atoms with Crippen LogP contribution in [-0.4, -0.2) is 22.9 Å². The van der Waals surface area contributed by atoms with Crippen molar-refractivity contribution in [2.24, 2.45) is 0 Å². The van der Waals surface area contributed by atoms with E-state index in [9.17, 15) is 5.11 Å². The number of nitrogens with zero attached hydrogens (tertiary/aromatic N) is 1. The Kier molecular flexibility index (Phi) is 4.92. The Labute approximate surface area is 88.2 Å². The lowest BCUT2D eigenvalue weighted by Gasteiger charge is -2.14. The van der Waals surface area contributed by atoms with Crippen molar-refractivity contribution >= 4 is 9.39 Å². The fourth-order valence-corrected chi connectivity index (χ4v) is 1.77. The van der Waals surface area contributed by atoms with Gasteiger partial charge in [-0.25, -0.2) is 0 Å². The molecular weight excluding hydrogens is 193 g/mol. The molecule has 2 nitrogen and oxygen atoms in total. The van der Waals surface area contributed by atoms with Gasteiger partial charge in [0.25, 0.3) is 0 Å². The molecule has 14 heavy (non-hydrogen) atoms. The van der Waals surface area contributed by atoms with Crippen LogP contribution in [0.4, 0.5) is 0 Å². The summed E-state index contributed by atoms with van der Waals surface area (Å²) in [5.41, 5.74) is 1.19. The van der Waals surface area contributed by atoms with Gasteiger partial charge in [-0.05, 0) is 30.5 Å². The summed E-state index contributed by atoms with van der Waals surface area (Å²) in [6, 6.07) is 7.46. The van der Waals surface area contributed by atoms with Crippen molar-refractivity contribution in [1.82, 2.24) is 4.67 Å². The monoisotopic (exact) mass is 211 g/mol. The zero-order chi connectivity index (χ0) is 10.4. The maximum absolute atomic E-state index is 9.26. The lowest BCUT2D eigenvalue weighted by molar-refractivity contribution is 0.465. The van der Waals surface area contributed by atoms with Gasteiger partial charge in [-0.2, -0.15) is 0 Å². The molecule has 1 rings (SSSR count). The summed E-state index contributed by atoms with van der Waals surface area (Å²) in [5.74, 6) is 0.355. The predicted octanol–water partition coefficient (Wildman–Crippen LogP) is 2.44. The fourth-order valence-electron chi connectivity index (χ4n) is 1.38. The first-order valence-electron chi connectivity index (χ1n) is 5.00. The maximum atomic E-state index is 9.26. The molecule has 0 heterocycles. The van der Waals surface area contributed by atoms with Crippen LogP contribution in [0.25, 0.3) is 0 Å². The number of hydrogen-bond donors (Lipinski definition) is 1. The third kappa shape index (κ3) is 4.08. The number of rotatable bonds is 5. The van der Waals surface area contributed by atoms with E-state index in [1.807, 2.05) is 18.2 Å². The standard InChI is InChI=1S/C11H18NOP/c1-2-7-12(14)8-6-10-4-3-5-11(13)9-10/h3-5,9,13H,2,6-8,14H2,1H3. The molecular formula is C11H18NOP. The van der Waals surface area contributed by atoms with Crippen LogP contribution in [0.3, 0.4) is 0 Å². The van der Waals surface area contributed by atoms with Crippen LogP contribution in [0.15, 0.2) is 24.3 Å². The van der Waals surface area contributed by atoms with Gasteiger partial charge in [0.2, 0.25) is 0 Å². The Hall–Kier alpha value is -0.590. The normalized spacial score (nSPS) is 10.8. The van der Waals surface area contributed by atoms with Crippen LogP contribution in [0.2, 0.25) is 0 Å². The van der Waals surface area contributed by atoms with E-state index in [0.29, 0.717) is 5.75 Å². The highest BCUT2D eigenvalue weighted by Gasteiger charge is 1.98. The van der Waals surface area contributed by atoms with Crippen LogP contribution < -0.4 is 0 Å². The zero-order valence-corrected chi connectivity index (χ0v) is 9.76. The third-order valence-electron chi connectivity index (χ3n) is 2.11. The predicted molar refractivity (Wildman–Crippen MR) is 63.4 cm³/mol. The van der Waals surface area contributed by atoms with Crippen LogP contribution >= 0.6 is 9.39 Å². The largest absolute Gasteiger partial charge is 0.508 e. The van der Waals surface area contributed by atoms with Crippen molar-refractivity contribution in [3.63, 3.8) is 0 Å². The number of phenolic OH excluding ortho intramolecular Hbond substituents is 1. The third-order valence-corrected chi connectivity index (χ3v) is 2.63. The molecule has 78 valence electrons. The molecule has 0 spiro atoms. The molecule has 1 atom stereocenters. The Bertz CT molecular complexity index is 278. The second-order valence-electron chi connectivity index (χ2n) is 3.46. The molecule has 0 aliphatic carbocycles. The molecule has 0 fully saturated rings. The van der Waals surface area contributed by atoms with E-state index in [-0.39, 0.29) is 0 Å². The molecule has 1 unspecified atom stereocenters. The highest BCUT2D eigenvalue weighted by molar-refractivity contribution is 7.13. The van der Waals surface area contributed by atoms with E-state index in [4.69, 9.17) is 0 Å². The summed E-state index contributed by atoms with van der Waals surface area (Å²) >= 11 is 0. The number of phenols is 1. The first-order valence-corrected chi connectivity index (χ1v) is 5.51. The summed E-state index contributed by atoms with van der Waals surface area (Å²) in [6.07, 6.45) is 2.15. The molecule has 0 saturated carbocycles. The molecule has 1 N–H and O–H groups in total. The van der Waals surface area contributed by atoms with Crippen molar-refractivity contribution in [1.29, 1.82) is 0 Å². The summed E-state index contributed by atoms with van der Waals surface area (Å²) in [7, 11) is 2.73. The highest BCUT2D eigenvalue weighted by Crippen LogP contribution is 2.12. The number of benzene rings is 1. The Morgan fingerprint density at radius 2 is 2.14 bits per heavy atom. The van der Waals surface area contributed by atoms with E-state index in [1.54, 1.807) is 6.07 Å². The van der Waals surface area contributed by atoms with Gasteiger partial charge in [-0.3, -0.25) is 4.67 Å². The number of hydrogen-bond acceptors (Lipinski definition) is 2. The number of aromatic hydroxyl groups is 1. The minimum atomic E-state index is 0.355. The summed E-state index contributed by atoms with van der Waals surface area (Å²) in [4.78, 5) is 0. The second kappa shape index (κ2) is 6.00. The van der Waals surface area contributed by atoms with Gasteiger partial charge < -0.3 is 5.11 Å². The minimum Gasteiger partial charge on any atom is -0.508 e. The van der Waals surface area contributed by atoms with E-state index in [2.05, 4.69) is 21.0 Å². The Balaban J connectivity index is 2.37. The fraction of sp³-hybridized carbons (Fsp3) is 0.455. The van der Waals surface area contributed by atoms with Gasteiger partial charge in [0, 0.05) is 13.1 Å². The van der Waals surface area contributed by atoms with Crippen LogP contribution in [-0.2, 0) is 6.42 Å². The molecule has 1 aromatic rings. The molecule has 0 aliphatic heterocycles. The summed E-state index contributed by atoms with van der Waals surface area (Å²) < 4.78 is 2.23. The van der Waals surface area contributed by atoms with Crippen molar-refractivity contribution < 1.29 is 5.11 Å². The molecule has 0 aliphatic rings.